The molecule has 104 valence electrons. The SMILES string of the molecule is Cc1ccc(-c2c(C)cccc2C)cc1-c1ccccc1. The van der Waals surface area contributed by atoms with Crippen molar-refractivity contribution in [3.8, 4) is 22.3 Å². The second-order valence-electron chi connectivity index (χ2n) is 5.66. The van der Waals surface area contributed by atoms with Gasteiger partial charge in [-0.15, -0.1) is 0 Å². The van der Waals surface area contributed by atoms with Crippen LogP contribution < -0.4 is 0 Å². The molecule has 0 bridgehead atoms. The molecule has 0 aliphatic carbocycles. The quantitative estimate of drug-likeness (QED) is 0.541. The van der Waals surface area contributed by atoms with Crippen LogP contribution in [0.25, 0.3) is 22.3 Å². The van der Waals surface area contributed by atoms with Crippen molar-refractivity contribution in [2.24, 2.45) is 0 Å². The fourth-order valence-electron chi connectivity index (χ4n) is 2.98. The summed E-state index contributed by atoms with van der Waals surface area (Å²) in [5.41, 5.74) is 9.23. The maximum Gasteiger partial charge on any atom is -0.0125 e. The van der Waals surface area contributed by atoms with Crippen molar-refractivity contribution in [1.29, 1.82) is 0 Å². The van der Waals surface area contributed by atoms with E-state index in [1.165, 1.54) is 38.9 Å². The molecule has 0 spiro atoms. The molecule has 0 saturated carbocycles. The van der Waals surface area contributed by atoms with Crippen LogP contribution in [-0.4, -0.2) is 0 Å². The first-order chi connectivity index (χ1) is 10.2. The number of benzene rings is 3. The molecule has 0 nitrogen and oxygen atoms in total. The lowest BCUT2D eigenvalue weighted by molar-refractivity contribution is 1.37. The summed E-state index contributed by atoms with van der Waals surface area (Å²) in [7, 11) is 0. The highest BCUT2D eigenvalue weighted by Crippen LogP contribution is 2.32. The normalized spacial score (nSPS) is 10.6. The van der Waals surface area contributed by atoms with Crippen LogP contribution in [0.3, 0.4) is 0 Å². The van der Waals surface area contributed by atoms with Gasteiger partial charge in [-0.3, -0.25) is 0 Å². The molecule has 3 aromatic rings. The van der Waals surface area contributed by atoms with E-state index >= 15 is 0 Å². The summed E-state index contributed by atoms with van der Waals surface area (Å²) in [6.45, 7) is 6.55. The second-order valence-corrected chi connectivity index (χ2v) is 5.66. The highest BCUT2D eigenvalue weighted by molar-refractivity contribution is 5.78. The first-order valence-corrected chi connectivity index (χ1v) is 7.39. The van der Waals surface area contributed by atoms with E-state index in [4.69, 9.17) is 0 Å². The Balaban J connectivity index is 2.19. The molecule has 0 aromatic heterocycles. The fourth-order valence-corrected chi connectivity index (χ4v) is 2.98. The lowest BCUT2D eigenvalue weighted by atomic mass is 9.91. The van der Waals surface area contributed by atoms with Gasteiger partial charge in [0.1, 0.15) is 0 Å². The van der Waals surface area contributed by atoms with Crippen LogP contribution in [0.15, 0.2) is 66.7 Å². The smallest absolute Gasteiger partial charge is 0.0125 e. The van der Waals surface area contributed by atoms with Gasteiger partial charge in [-0.1, -0.05) is 60.7 Å². The van der Waals surface area contributed by atoms with E-state index in [1.807, 2.05) is 0 Å². The Bertz CT molecular complexity index is 747. The van der Waals surface area contributed by atoms with Gasteiger partial charge in [0.15, 0.2) is 0 Å². The van der Waals surface area contributed by atoms with Crippen LogP contribution in [0.4, 0.5) is 0 Å². The molecular weight excluding hydrogens is 252 g/mol. The van der Waals surface area contributed by atoms with E-state index in [-0.39, 0.29) is 0 Å². The van der Waals surface area contributed by atoms with Gasteiger partial charge in [0.25, 0.3) is 0 Å². The molecule has 0 unspecified atom stereocenters. The Labute approximate surface area is 127 Å². The Hall–Kier alpha value is -2.34. The van der Waals surface area contributed by atoms with E-state index in [1.54, 1.807) is 0 Å². The Morgan fingerprint density at radius 3 is 1.86 bits per heavy atom. The van der Waals surface area contributed by atoms with E-state index in [0.717, 1.165) is 0 Å². The van der Waals surface area contributed by atoms with Crippen LogP contribution in [0.2, 0.25) is 0 Å². The third-order valence-corrected chi connectivity index (χ3v) is 4.09. The molecule has 0 radical (unpaired) electrons. The minimum Gasteiger partial charge on any atom is -0.0622 e. The summed E-state index contributed by atoms with van der Waals surface area (Å²) in [6.07, 6.45) is 0. The van der Waals surface area contributed by atoms with Gasteiger partial charge >= 0.3 is 0 Å². The summed E-state index contributed by atoms with van der Waals surface area (Å²) >= 11 is 0. The van der Waals surface area contributed by atoms with Crippen molar-refractivity contribution in [1.82, 2.24) is 0 Å². The average molecular weight is 272 g/mol. The summed E-state index contributed by atoms with van der Waals surface area (Å²) in [6, 6.07) is 23.9. The molecule has 0 aliphatic heterocycles. The third kappa shape index (κ3) is 2.62. The first kappa shape index (κ1) is 13.6. The van der Waals surface area contributed by atoms with Crippen molar-refractivity contribution >= 4 is 0 Å². The molecule has 0 heteroatoms. The Morgan fingerprint density at radius 2 is 1.19 bits per heavy atom. The van der Waals surface area contributed by atoms with Gasteiger partial charge < -0.3 is 0 Å². The van der Waals surface area contributed by atoms with Gasteiger partial charge in [0.2, 0.25) is 0 Å². The number of aryl methyl sites for hydroxylation is 3. The monoisotopic (exact) mass is 272 g/mol. The van der Waals surface area contributed by atoms with Crippen LogP contribution in [-0.2, 0) is 0 Å². The van der Waals surface area contributed by atoms with E-state index < -0.39 is 0 Å². The van der Waals surface area contributed by atoms with Crippen LogP contribution in [0.5, 0.6) is 0 Å². The van der Waals surface area contributed by atoms with Crippen molar-refractivity contribution in [2.45, 2.75) is 20.8 Å². The zero-order chi connectivity index (χ0) is 14.8. The number of hydrogen-bond acceptors (Lipinski definition) is 0. The lowest BCUT2D eigenvalue weighted by Crippen LogP contribution is -1.90. The van der Waals surface area contributed by atoms with E-state index in [0.29, 0.717) is 0 Å². The number of rotatable bonds is 2. The van der Waals surface area contributed by atoms with Gasteiger partial charge in [0.05, 0.1) is 0 Å². The van der Waals surface area contributed by atoms with Gasteiger partial charge in [-0.2, -0.15) is 0 Å². The molecule has 21 heavy (non-hydrogen) atoms. The summed E-state index contributed by atoms with van der Waals surface area (Å²) in [5, 5.41) is 0. The summed E-state index contributed by atoms with van der Waals surface area (Å²) in [5.74, 6) is 0. The molecule has 0 fully saturated rings. The highest BCUT2D eigenvalue weighted by Gasteiger charge is 2.08. The van der Waals surface area contributed by atoms with Crippen molar-refractivity contribution in [3.05, 3.63) is 83.4 Å². The molecule has 3 rings (SSSR count). The number of hydrogen-bond donors (Lipinski definition) is 0. The second kappa shape index (κ2) is 5.57. The van der Waals surface area contributed by atoms with E-state index in [9.17, 15) is 0 Å². The zero-order valence-corrected chi connectivity index (χ0v) is 12.9. The highest BCUT2D eigenvalue weighted by atomic mass is 14.1. The van der Waals surface area contributed by atoms with Gasteiger partial charge in [-0.25, -0.2) is 0 Å². The maximum atomic E-state index is 2.32. The molecule has 0 atom stereocenters. The van der Waals surface area contributed by atoms with E-state index in [2.05, 4.69) is 87.5 Å². The van der Waals surface area contributed by atoms with Crippen molar-refractivity contribution in [3.63, 3.8) is 0 Å². The maximum absolute atomic E-state index is 2.32. The third-order valence-electron chi connectivity index (χ3n) is 4.09. The van der Waals surface area contributed by atoms with Crippen LogP contribution in [0.1, 0.15) is 16.7 Å². The first-order valence-electron chi connectivity index (χ1n) is 7.39. The Morgan fingerprint density at radius 1 is 0.524 bits per heavy atom. The largest absolute Gasteiger partial charge is 0.0622 e. The predicted molar refractivity (Wildman–Crippen MR) is 91.5 cm³/mol. The Kier molecular flexibility index (Phi) is 3.62. The molecule has 0 saturated heterocycles. The molecule has 0 aliphatic rings. The molecule has 0 heterocycles. The minimum absolute atomic E-state index is 1.28. The summed E-state index contributed by atoms with van der Waals surface area (Å²) in [4.78, 5) is 0. The van der Waals surface area contributed by atoms with Gasteiger partial charge in [0, 0.05) is 0 Å². The molecule has 0 amide bonds. The molecule has 0 N–H and O–H groups in total. The summed E-state index contributed by atoms with van der Waals surface area (Å²) < 4.78 is 0. The lowest BCUT2D eigenvalue weighted by Gasteiger charge is -2.13. The topological polar surface area (TPSA) is 0 Å². The standard InChI is InChI=1S/C21H20/c1-15-12-13-19(21-16(2)8-7-9-17(21)3)14-20(15)18-10-5-4-6-11-18/h4-14H,1-3H3. The van der Waals surface area contributed by atoms with Crippen molar-refractivity contribution < 1.29 is 0 Å². The minimum atomic E-state index is 1.28. The fraction of sp³-hybridized carbons (Fsp3) is 0.143. The van der Waals surface area contributed by atoms with Crippen LogP contribution in [0, 0.1) is 20.8 Å². The van der Waals surface area contributed by atoms with Crippen LogP contribution >= 0.6 is 0 Å². The zero-order valence-electron chi connectivity index (χ0n) is 12.9. The van der Waals surface area contributed by atoms with Crippen molar-refractivity contribution in [2.75, 3.05) is 0 Å². The molecular formula is C21H20. The predicted octanol–water partition coefficient (Wildman–Crippen LogP) is 5.95. The van der Waals surface area contributed by atoms with Gasteiger partial charge in [-0.05, 0) is 65.8 Å². The molecule has 3 aromatic carbocycles. The average Bonchev–Trinajstić information content (AvgIpc) is 2.49.